The highest BCUT2D eigenvalue weighted by molar-refractivity contribution is 9.10. The zero-order chi connectivity index (χ0) is 14.5. The van der Waals surface area contributed by atoms with Gasteiger partial charge in [-0.05, 0) is 29.8 Å². The second-order valence-corrected chi connectivity index (χ2v) is 5.07. The molecule has 0 radical (unpaired) electrons. The van der Waals surface area contributed by atoms with Gasteiger partial charge >= 0.3 is 0 Å². The van der Waals surface area contributed by atoms with Crippen molar-refractivity contribution in [3.05, 3.63) is 58.3 Å². The standard InChI is InChI=1S/C15H14BrFO3/c1-19-14-4-2-3-12(17)15(14)20-9-13(18)10-5-7-11(16)8-6-10/h2-8,13,18H,9H2,1H3. The number of methoxy groups -OCH3 is 1. The number of para-hydroxylation sites is 1. The van der Waals surface area contributed by atoms with Gasteiger partial charge in [0.15, 0.2) is 17.3 Å². The Kier molecular flexibility index (Phi) is 4.98. The van der Waals surface area contributed by atoms with Gasteiger partial charge in [0.05, 0.1) is 7.11 Å². The summed E-state index contributed by atoms with van der Waals surface area (Å²) < 4.78 is 24.9. The third kappa shape index (κ3) is 3.49. The van der Waals surface area contributed by atoms with Crippen molar-refractivity contribution in [2.24, 2.45) is 0 Å². The lowest BCUT2D eigenvalue weighted by molar-refractivity contribution is 0.104. The molecule has 2 aromatic rings. The summed E-state index contributed by atoms with van der Waals surface area (Å²) in [5, 5.41) is 10.0. The van der Waals surface area contributed by atoms with E-state index in [-0.39, 0.29) is 12.4 Å². The van der Waals surface area contributed by atoms with Crippen LogP contribution in [-0.2, 0) is 0 Å². The van der Waals surface area contributed by atoms with Crippen LogP contribution < -0.4 is 9.47 Å². The lowest BCUT2D eigenvalue weighted by Crippen LogP contribution is -2.11. The highest BCUT2D eigenvalue weighted by Crippen LogP contribution is 2.30. The Labute approximate surface area is 125 Å². The fraction of sp³-hybridized carbons (Fsp3) is 0.200. The van der Waals surface area contributed by atoms with Crippen molar-refractivity contribution in [2.75, 3.05) is 13.7 Å². The first-order valence-electron chi connectivity index (χ1n) is 6.00. The van der Waals surface area contributed by atoms with E-state index in [1.807, 2.05) is 12.1 Å². The maximum Gasteiger partial charge on any atom is 0.197 e. The number of ether oxygens (including phenoxy) is 2. The summed E-state index contributed by atoms with van der Waals surface area (Å²) in [6.07, 6.45) is -0.840. The lowest BCUT2D eigenvalue weighted by atomic mass is 10.1. The molecular formula is C15H14BrFO3. The molecule has 0 aliphatic heterocycles. The van der Waals surface area contributed by atoms with Gasteiger partial charge in [0.1, 0.15) is 12.7 Å². The molecule has 0 saturated heterocycles. The number of halogens is 2. The molecule has 106 valence electrons. The molecule has 0 heterocycles. The molecule has 0 aliphatic rings. The zero-order valence-corrected chi connectivity index (χ0v) is 12.4. The molecule has 5 heteroatoms. The fourth-order valence-corrected chi connectivity index (χ4v) is 2.00. The smallest absolute Gasteiger partial charge is 0.197 e. The third-order valence-electron chi connectivity index (χ3n) is 2.79. The van der Waals surface area contributed by atoms with Crippen molar-refractivity contribution in [3.63, 3.8) is 0 Å². The topological polar surface area (TPSA) is 38.7 Å². The summed E-state index contributed by atoms with van der Waals surface area (Å²) in [4.78, 5) is 0. The van der Waals surface area contributed by atoms with Crippen LogP contribution in [0.5, 0.6) is 11.5 Å². The summed E-state index contributed by atoms with van der Waals surface area (Å²) in [6, 6.07) is 11.6. The van der Waals surface area contributed by atoms with Gasteiger partial charge in [0.2, 0.25) is 0 Å². The van der Waals surface area contributed by atoms with Crippen molar-refractivity contribution in [1.29, 1.82) is 0 Å². The Balaban J connectivity index is 2.07. The van der Waals surface area contributed by atoms with Crippen molar-refractivity contribution < 1.29 is 19.0 Å². The van der Waals surface area contributed by atoms with Crippen LogP contribution in [0.15, 0.2) is 46.9 Å². The van der Waals surface area contributed by atoms with Crippen LogP contribution in [0.1, 0.15) is 11.7 Å². The summed E-state index contributed by atoms with van der Waals surface area (Å²) in [5.74, 6) is -0.216. The SMILES string of the molecule is COc1cccc(F)c1OCC(O)c1ccc(Br)cc1. The normalized spacial score (nSPS) is 12.0. The molecule has 0 saturated carbocycles. The summed E-state index contributed by atoms with van der Waals surface area (Å²) in [7, 11) is 1.44. The monoisotopic (exact) mass is 340 g/mol. The van der Waals surface area contributed by atoms with E-state index in [1.54, 1.807) is 18.2 Å². The minimum absolute atomic E-state index is 0.00571. The van der Waals surface area contributed by atoms with E-state index in [9.17, 15) is 9.50 Å². The minimum Gasteiger partial charge on any atom is -0.493 e. The second kappa shape index (κ2) is 6.72. The summed E-state index contributed by atoms with van der Waals surface area (Å²) in [5.41, 5.74) is 0.698. The van der Waals surface area contributed by atoms with Gasteiger partial charge in [-0.25, -0.2) is 4.39 Å². The van der Waals surface area contributed by atoms with Gasteiger partial charge < -0.3 is 14.6 Å². The van der Waals surface area contributed by atoms with Crippen LogP contribution in [0.2, 0.25) is 0 Å². The summed E-state index contributed by atoms with van der Waals surface area (Å²) >= 11 is 3.32. The van der Waals surface area contributed by atoms with Crippen LogP contribution >= 0.6 is 15.9 Å². The number of aliphatic hydroxyl groups excluding tert-OH is 1. The predicted molar refractivity (Wildman–Crippen MR) is 77.5 cm³/mol. The number of hydrogen-bond acceptors (Lipinski definition) is 3. The molecule has 1 N–H and O–H groups in total. The Morgan fingerprint density at radius 3 is 2.55 bits per heavy atom. The molecule has 0 spiro atoms. The molecule has 2 aromatic carbocycles. The van der Waals surface area contributed by atoms with E-state index in [1.165, 1.54) is 19.2 Å². The number of hydrogen-bond donors (Lipinski definition) is 1. The van der Waals surface area contributed by atoms with E-state index in [2.05, 4.69) is 15.9 Å². The van der Waals surface area contributed by atoms with Crippen LogP contribution in [0.25, 0.3) is 0 Å². The van der Waals surface area contributed by atoms with Crippen LogP contribution in [-0.4, -0.2) is 18.8 Å². The van der Waals surface area contributed by atoms with Gasteiger partial charge in [0.25, 0.3) is 0 Å². The van der Waals surface area contributed by atoms with E-state index in [0.29, 0.717) is 11.3 Å². The first-order chi connectivity index (χ1) is 9.61. The Morgan fingerprint density at radius 1 is 1.20 bits per heavy atom. The van der Waals surface area contributed by atoms with Crippen LogP contribution in [0.3, 0.4) is 0 Å². The molecule has 20 heavy (non-hydrogen) atoms. The van der Waals surface area contributed by atoms with E-state index < -0.39 is 11.9 Å². The van der Waals surface area contributed by atoms with Crippen molar-refractivity contribution >= 4 is 15.9 Å². The number of aliphatic hydroxyl groups is 1. The Morgan fingerprint density at radius 2 is 1.90 bits per heavy atom. The average Bonchev–Trinajstić information content (AvgIpc) is 2.46. The average molecular weight is 341 g/mol. The van der Waals surface area contributed by atoms with E-state index >= 15 is 0 Å². The largest absolute Gasteiger partial charge is 0.493 e. The highest BCUT2D eigenvalue weighted by atomic mass is 79.9. The summed E-state index contributed by atoms with van der Waals surface area (Å²) in [6.45, 7) is -0.0566. The number of benzene rings is 2. The molecule has 1 unspecified atom stereocenters. The number of rotatable bonds is 5. The van der Waals surface area contributed by atoms with Crippen LogP contribution in [0, 0.1) is 5.82 Å². The van der Waals surface area contributed by atoms with Crippen LogP contribution in [0.4, 0.5) is 4.39 Å². The third-order valence-corrected chi connectivity index (χ3v) is 3.32. The molecule has 3 nitrogen and oxygen atoms in total. The molecular weight excluding hydrogens is 327 g/mol. The zero-order valence-electron chi connectivity index (χ0n) is 10.8. The van der Waals surface area contributed by atoms with Crippen molar-refractivity contribution in [3.8, 4) is 11.5 Å². The molecule has 2 rings (SSSR count). The Bertz CT molecular complexity index is 572. The second-order valence-electron chi connectivity index (χ2n) is 4.15. The van der Waals surface area contributed by atoms with Gasteiger partial charge in [-0.1, -0.05) is 34.1 Å². The minimum atomic E-state index is -0.840. The van der Waals surface area contributed by atoms with E-state index in [0.717, 1.165) is 4.47 Å². The molecule has 0 bridgehead atoms. The molecule has 0 fully saturated rings. The van der Waals surface area contributed by atoms with Crippen molar-refractivity contribution in [2.45, 2.75) is 6.10 Å². The molecule has 0 aromatic heterocycles. The highest BCUT2D eigenvalue weighted by Gasteiger charge is 2.14. The van der Waals surface area contributed by atoms with Gasteiger partial charge in [-0.2, -0.15) is 0 Å². The molecule has 0 aliphatic carbocycles. The van der Waals surface area contributed by atoms with Crippen molar-refractivity contribution in [1.82, 2.24) is 0 Å². The van der Waals surface area contributed by atoms with E-state index in [4.69, 9.17) is 9.47 Å². The Hall–Kier alpha value is -1.59. The molecule has 0 amide bonds. The first-order valence-corrected chi connectivity index (χ1v) is 6.80. The van der Waals surface area contributed by atoms with Gasteiger partial charge in [0, 0.05) is 4.47 Å². The quantitative estimate of drug-likeness (QED) is 0.901. The maximum absolute atomic E-state index is 13.7. The lowest BCUT2D eigenvalue weighted by Gasteiger charge is -2.15. The van der Waals surface area contributed by atoms with Gasteiger partial charge in [-0.15, -0.1) is 0 Å². The molecule has 1 atom stereocenters. The predicted octanol–water partition coefficient (Wildman–Crippen LogP) is 3.71. The van der Waals surface area contributed by atoms with Gasteiger partial charge in [-0.3, -0.25) is 0 Å². The maximum atomic E-state index is 13.7. The first kappa shape index (κ1) is 14.8. The fourth-order valence-electron chi connectivity index (χ4n) is 1.73.